The Morgan fingerprint density at radius 3 is 2.86 bits per heavy atom. The number of aromatic nitrogens is 2. The number of carbonyl (C=O) groups excluding carboxylic acids is 1. The lowest BCUT2D eigenvalue weighted by Crippen LogP contribution is -2.25. The van der Waals surface area contributed by atoms with E-state index in [1.165, 1.54) is 12.3 Å². The number of nitrogens with two attached hydrogens (primary N) is 1. The number of hydrogen-bond donors (Lipinski definition) is 2. The van der Waals surface area contributed by atoms with Crippen molar-refractivity contribution in [1.82, 2.24) is 9.78 Å². The molecular weight excluding hydrogens is 384 g/mol. The smallest absolute Gasteiger partial charge is 0.348 e. The van der Waals surface area contributed by atoms with E-state index >= 15 is 0 Å². The first kappa shape index (κ1) is 18.0. The number of rotatable bonds is 3. The fourth-order valence-corrected chi connectivity index (χ4v) is 3.50. The van der Waals surface area contributed by atoms with Crippen molar-refractivity contribution in [3.05, 3.63) is 74.4 Å². The lowest BCUT2D eigenvalue weighted by Gasteiger charge is -2.25. The van der Waals surface area contributed by atoms with E-state index in [9.17, 15) is 14.7 Å². The van der Waals surface area contributed by atoms with E-state index < -0.39 is 17.6 Å². The molecule has 2 aromatic heterocycles. The van der Waals surface area contributed by atoms with E-state index in [2.05, 4.69) is 10.1 Å². The number of halogens is 1. The molecule has 0 unspecified atom stereocenters. The van der Waals surface area contributed by atoms with Gasteiger partial charge in [0.15, 0.2) is 5.82 Å². The Morgan fingerprint density at radius 1 is 1.39 bits per heavy atom. The predicted octanol–water partition coefficient (Wildman–Crippen LogP) is 2.72. The molecule has 1 aliphatic heterocycles. The van der Waals surface area contributed by atoms with Gasteiger partial charge in [-0.25, -0.2) is 14.5 Å². The summed E-state index contributed by atoms with van der Waals surface area (Å²) >= 11 is 6.13. The molecule has 8 nitrogen and oxygen atoms in total. The molecule has 0 spiro atoms. The number of aryl methyl sites for hydroxylation is 1. The van der Waals surface area contributed by atoms with Crippen molar-refractivity contribution >= 4 is 29.0 Å². The second kappa shape index (κ2) is 6.65. The molecule has 28 heavy (non-hydrogen) atoms. The molecule has 4 rings (SSSR count). The van der Waals surface area contributed by atoms with Crippen LogP contribution < -0.4 is 11.4 Å². The third-order valence-electron chi connectivity index (χ3n) is 4.53. The first-order valence-corrected chi connectivity index (χ1v) is 8.77. The minimum atomic E-state index is -0.713. The molecule has 1 aliphatic rings. The van der Waals surface area contributed by atoms with Crippen LogP contribution in [0.5, 0.6) is 5.75 Å². The van der Waals surface area contributed by atoms with Crippen LogP contribution in [0, 0.1) is 6.92 Å². The minimum Gasteiger partial charge on any atom is -0.507 e. The highest BCUT2D eigenvalue weighted by Gasteiger charge is 2.31. The number of primary amides is 1. The number of benzene rings is 1. The highest BCUT2D eigenvalue weighted by molar-refractivity contribution is 6.30. The number of hydrogen-bond acceptors (Lipinski definition) is 6. The average molecular weight is 399 g/mol. The summed E-state index contributed by atoms with van der Waals surface area (Å²) in [6.07, 6.45) is 1.56. The van der Waals surface area contributed by atoms with Gasteiger partial charge in [0.05, 0.1) is 18.0 Å². The van der Waals surface area contributed by atoms with Gasteiger partial charge in [0.25, 0.3) is 5.91 Å². The normalized spacial score (nSPS) is 15.8. The van der Waals surface area contributed by atoms with E-state index in [1.54, 1.807) is 29.8 Å². The average Bonchev–Trinajstić information content (AvgIpc) is 3.04. The molecule has 0 bridgehead atoms. The Morgan fingerprint density at radius 2 is 2.18 bits per heavy atom. The van der Waals surface area contributed by atoms with Crippen molar-refractivity contribution in [2.45, 2.75) is 19.4 Å². The molecule has 9 heteroatoms. The highest BCUT2D eigenvalue weighted by atomic mass is 35.5. The number of aromatic hydroxyl groups is 1. The molecule has 0 saturated carbocycles. The molecule has 142 valence electrons. The Bertz CT molecular complexity index is 1190. The zero-order valence-electron chi connectivity index (χ0n) is 14.7. The Kier molecular flexibility index (Phi) is 4.27. The third-order valence-corrected chi connectivity index (χ3v) is 4.77. The second-order valence-electron chi connectivity index (χ2n) is 6.43. The number of aliphatic imine (C=N–C) groups is 1. The summed E-state index contributed by atoms with van der Waals surface area (Å²) in [6.45, 7) is 1.56. The molecule has 3 heterocycles. The SMILES string of the molecule is Cc1cc(O)c(C2=Nc3c(C(N)=O)cnn3[C@@H](c3cccc(Cl)c3)C2)c(=O)o1. The monoisotopic (exact) mass is 398 g/mol. The zero-order valence-corrected chi connectivity index (χ0v) is 15.5. The summed E-state index contributed by atoms with van der Waals surface area (Å²) in [4.78, 5) is 28.6. The maximum absolute atomic E-state index is 12.4. The van der Waals surface area contributed by atoms with Gasteiger partial charge in [-0.2, -0.15) is 5.10 Å². The summed E-state index contributed by atoms with van der Waals surface area (Å²) in [5.74, 6) is -0.461. The molecular formula is C19H15ClN4O4. The van der Waals surface area contributed by atoms with Gasteiger partial charge in [-0.15, -0.1) is 0 Å². The first-order chi connectivity index (χ1) is 13.3. The van der Waals surface area contributed by atoms with Crippen LogP contribution in [-0.2, 0) is 0 Å². The van der Waals surface area contributed by atoms with E-state index in [0.717, 1.165) is 5.56 Å². The van der Waals surface area contributed by atoms with Gasteiger partial charge in [0, 0.05) is 17.5 Å². The van der Waals surface area contributed by atoms with E-state index in [1.807, 2.05) is 6.07 Å². The maximum Gasteiger partial charge on any atom is 0.348 e. The molecule has 0 radical (unpaired) electrons. The first-order valence-electron chi connectivity index (χ1n) is 8.39. The van der Waals surface area contributed by atoms with Crippen molar-refractivity contribution in [3.8, 4) is 5.75 Å². The molecule has 0 aliphatic carbocycles. The van der Waals surface area contributed by atoms with Crippen LogP contribution in [-0.4, -0.2) is 26.5 Å². The topological polar surface area (TPSA) is 124 Å². The summed E-state index contributed by atoms with van der Waals surface area (Å²) in [7, 11) is 0. The van der Waals surface area contributed by atoms with Crippen molar-refractivity contribution < 1.29 is 14.3 Å². The molecule has 0 fully saturated rings. The summed E-state index contributed by atoms with van der Waals surface area (Å²) in [6, 6.07) is 8.08. The van der Waals surface area contributed by atoms with Gasteiger partial charge in [0.2, 0.25) is 0 Å². The molecule has 1 amide bonds. The molecule has 1 atom stereocenters. The van der Waals surface area contributed by atoms with E-state index in [0.29, 0.717) is 5.02 Å². The fraction of sp³-hybridized carbons (Fsp3) is 0.158. The molecule has 1 aromatic carbocycles. The number of fused-ring (bicyclic) bond motifs is 1. The molecule has 0 saturated heterocycles. The quantitative estimate of drug-likeness (QED) is 0.701. The Hall–Kier alpha value is -3.39. The van der Waals surface area contributed by atoms with Gasteiger partial charge < -0.3 is 15.3 Å². The van der Waals surface area contributed by atoms with E-state index in [-0.39, 0.29) is 40.6 Å². The number of amides is 1. The van der Waals surface area contributed by atoms with Crippen LogP contribution in [0.1, 0.15) is 39.7 Å². The van der Waals surface area contributed by atoms with Crippen LogP contribution in [0.25, 0.3) is 0 Å². The summed E-state index contributed by atoms with van der Waals surface area (Å²) in [5, 5.41) is 15.1. The van der Waals surface area contributed by atoms with E-state index in [4.69, 9.17) is 21.8 Å². The second-order valence-corrected chi connectivity index (χ2v) is 6.87. The molecule has 3 N–H and O–H groups in total. The van der Waals surface area contributed by atoms with Gasteiger partial charge in [-0.3, -0.25) is 4.79 Å². The lowest BCUT2D eigenvalue weighted by atomic mass is 9.96. The van der Waals surface area contributed by atoms with Crippen LogP contribution in [0.2, 0.25) is 5.02 Å². The number of nitrogens with zero attached hydrogens (tertiary/aromatic N) is 3. The fourth-order valence-electron chi connectivity index (χ4n) is 3.30. The standard InChI is InChI=1S/C19H15ClN4O4/c1-9-5-15(25)16(19(27)28-9)13-7-14(10-3-2-4-11(20)6-10)24-18(23-13)12(8-22-24)17(21)26/h2-6,8,14,25H,7H2,1H3,(H2,21,26)/t14-/m1/s1. The van der Waals surface area contributed by atoms with Crippen LogP contribution in [0.4, 0.5) is 5.82 Å². The van der Waals surface area contributed by atoms with Crippen LogP contribution in [0.3, 0.4) is 0 Å². The van der Waals surface area contributed by atoms with Crippen LogP contribution in [0.15, 0.2) is 50.7 Å². The van der Waals surface area contributed by atoms with Gasteiger partial charge >= 0.3 is 5.63 Å². The zero-order chi connectivity index (χ0) is 20.0. The third kappa shape index (κ3) is 2.97. The van der Waals surface area contributed by atoms with Crippen molar-refractivity contribution in [1.29, 1.82) is 0 Å². The summed E-state index contributed by atoms with van der Waals surface area (Å²) < 4.78 is 6.68. The molecule has 3 aromatic rings. The Labute approximate surface area is 163 Å². The van der Waals surface area contributed by atoms with Gasteiger partial charge in [0.1, 0.15) is 22.6 Å². The van der Waals surface area contributed by atoms with Crippen LogP contribution >= 0.6 is 11.6 Å². The largest absolute Gasteiger partial charge is 0.507 e. The van der Waals surface area contributed by atoms with Gasteiger partial charge in [-0.1, -0.05) is 23.7 Å². The van der Waals surface area contributed by atoms with Crippen molar-refractivity contribution in [2.75, 3.05) is 0 Å². The maximum atomic E-state index is 12.4. The Balaban J connectivity index is 1.94. The number of carbonyl (C=O) groups is 1. The summed E-state index contributed by atoms with van der Waals surface area (Å²) in [5.41, 5.74) is 5.86. The predicted molar refractivity (Wildman–Crippen MR) is 103 cm³/mol. The van der Waals surface area contributed by atoms with Crippen molar-refractivity contribution in [2.24, 2.45) is 10.7 Å². The minimum absolute atomic E-state index is 0.0551. The van der Waals surface area contributed by atoms with Crippen molar-refractivity contribution in [3.63, 3.8) is 0 Å². The van der Waals surface area contributed by atoms with Gasteiger partial charge in [-0.05, 0) is 24.6 Å². The lowest BCUT2D eigenvalue weighted by molar-refractivity contribution is 0.100. The highest BCUT2D eigenvalue weighted by Crippen LogP contribution is 2.37.